The zero-order chi connectivity index (χ0) is 20.3. The van der Waals surface area contributed by atoms with Gasteiger partial charge in [0.1, 0.15) is 0 Å². The molecule has 0 bridgehead atoms. The molecule has 0 aromatic heterocycles. The van der Waals surface area contributed by atoms with Crippen LogP contribution in [0.5, 0.6) is 0 Å². The lowest BCUT2D eigenvalue weighted by atomic mass is 9.99. The number of rotatable bonds is 8. The molecule has 0 spiro atoms. The van der Waals surface area contributed by atoms with Gasteiger partial charge in [0.05, 0.1) is 23.1 Å². The topological polar surface area (TPSA) is 126 Å². The van der Waals surface area contributed by atoms with Crippen LogP contribution in [0.3, 0.4) is 0 Å². The highest BCUT2D eigenvalue weighted by atomic mass is 16.7. The van der Waals surface area contributed by atoms with Crippen molar-refractivity contribution >= 4 is 17.8 Å². The highest BCUT2D eigenvalue weighted by molar-refractivity contribution is 6.21. The summed E-state index contributed by atoms with van der Waals surface area (Å²) >= 11 is 0. The van der Waals surface area contributed by atoms with Gasteiger partial charge >= 0.3 is 5.97 Å². The van der Waals surface area contributed by atoms with Crippen molar-refractivity contribution in [2.24, 2.45) is 11.2 Å². The summed E-state index contributed by atoms with van der Waals surface area (Å²) in [7, 11) is 1.28. The number of carbonyl (C=O) groups excluding carboxylic acids is 2. The minimum atomic E-state index is -1.17. The van der Waals surface area contributed by atoms with E-state index in [1.165, 1.54) is 26.1 Å². The third-order valence-corrected chi connectivity index (χ3v) is 4.57. The van der Waals surface area contributed by atoms with Crippen molar-refractivity contribution in [1.29, 1.82) is 0 Å². The number of carboxylic acid groups (broad SMARTS) is 1. The zero-order valence-electron chi connectivity index (χ0n) is 15.5. The SMILES string of the molecule is CC[C@@H](C)[C@@H](C(=O)O)N(C)[N+]([O-])=NOC(C)N1C(=O)c2ccccc2C1=O. The maximum atomic E-state index is 12.4. The summed E-state index contributed by atoms with van der Waals surface area (Å²) in [5, 5.41) is 25.6. The summed E-state index contributed by atoms with van der Waals surface area (Å²) in [5.74, 6) is -2.58. The van der Waals surface area contributed by atoms with Crippen molar-refractivity contribution in [2.75, 3.05) is 7.05 Å². The summed E-state index contributed by atoms with van der Waals surface area (Å²) in [5.41, 5.74) is 0.494. The standard InChI is InChI=1S/C17H22N4O6/c1-5-10(2)14(17(24)25)19(4)21(26)18-27-11(3)20-15(22)12-8-6-7-9-13(12)16(20)23/h6-11,14H,5H2,1-4H3,(H,24,25)/t10-,11?,14+/m1/s1. The van der Waals surface area contributed by atoms with Gasteiger partial charge in [0.25, 0.3) is 11.8 Å². The van der Waals surface area contributed by atoms with Crippen LogP contribution in [0.4, 0.5) is 0 Å². The Morgan fingerprint density at radius 3 is 2.26 bits per heavy atom. The van der Waals surface area contributed by atoms with E-state index in [4.69, 9.17) is 4.84 Å². The van der Waals surface area contributed by atoms with Gasteiger partial charge in [-0.2, -0.15) is 0 Å². The van der Waals surface area contributed by atoms with Crippen molar-refractivity contribution < 1.29 is 29.3 Å². The Morgan fingerprint density at radius 2 is 1.81 bits per heavy atom. The molecule has 1 aromatic carbocycles. The largest absolute Gasteiger partial charge is 0.569 e. The average Bonchev–Trinajstić information content (AvgIpc) is 2.90. The molecule has 0 saturated carbocycles. The summed E-state index contributed by atoms with van der Waals surface area (Å²) in [6.45, 7) is 4.90. The maximum absolute atomic E-state index is 12.4. The lowest BCUT2D eigenvalue weighted by molar-refractivity contribution is -0.713. The Bertz CT molecular complexity index is 745. The minimum Gasteiger partial charge on any atom is -0.569 e. The van der Waals surface area contributed by atoms with Gasteiger partial charge in [-0.1, -0.05) is 32.4 Å². The van der Waals surface area contributed by atoms with E-state index in [2.05, 4.69) is 5.28 Å². The summed E-state index contributed by atoms with van der Waals surface area (Å²) < 4.78 is 0. The molecule has 1 N–H and O–H groups in total. The third-order valence-electron chi connectivity index (χ3n) is 4.57. The second kappa shape index (κ2) is 8.02. The lowest BCUT2D eigenvalue weighted by Gasteiger charge is -2.25. The molecular formula is C17H22N4O6. The van der Waals surface area contributed by atoms with E-state index < -0.39 is 30.1 Å². The van der Waals surface area contributed by atoms with E-state index in [9.17, 15) is 24.7 Å². The van der Waals surface area contributed by atoms with Gasteiger partial charge in [0, 0.05) is 0 Å². The predicted octanol–water partition coefficient (Wildman–Crippen LogP) is 1.87. The number of carboxylic acids is 1. The van der Waals surface area contributed by atoms with Crippen molar-refractivity contribution in [2.45, 2.75) is 39.5 Å². The quantitative estimate of drug-likeness (QED) is 0.317. The number of fused-ring (bicyclic) bond motifs is 1. The molecule has 3 atom stereocenters. The van der Waals surface area contributed by atoms with Gasteiger partial charge < -0.3 is 15.2 Å². The highest BCUT2D eigenvalue weighted by Gasteiger charge is 2.40. The Morgan fingerprint density at radius 1 is 1.30 bits per heavy atom. The van der Waals surface area contributed by atoms with Gasteiger partial charge in [-0.25, -0.2) is 9.69 Å². The summed E-state index contributed by atoms with van der Waals surface area (Å²) in [4.78, 5) is 42.0. The fourth-order valence-electron chi connectivity index (χ4n) is 2.85. The van der Waals surface area contributed by atoms with Crippen molar-refractivity contribution in [3.8, 4) is 0 Å². The molecule has 1 aliphatic rings. The van der Waals surface area contributed by atoms with E-state index in [1.54, 1.807) is 19.1 Å². The molecule has 0 aliphatic carbocycles. The van der Waals surface area contributed by atoms with Crippen molar-refractivity contribution in [3.05, 3.63) is 40.6 Å². The normalized spacial score (nSPS) is 17.3. The Balaban J connectivity index is 2.12. The van der Waals surface area contributed by atoms with E-state index >= 15 is 0 Å². The number of benzene rings is 1. The number of aliphatic carboxylic acids is 1. The molecule has 1 unspecified atom stereocenters. The van der Waals surface area contributed by atoms with Crippen LogP contribution in [-0.2, 0) is 9.63 Å². The van der Waals surface area contributed by atoms with Crippen molar-refractivity contribution in [1.82, 2.24) is 9.91 Å². The number of nitrogens with zero attached hydrogens (tertiary/aromatic N) is 4. The van der Waals surface area contributed by atoms with Gasteiger partial charge in [-0.05, 0) is 25.0 Å². The highest BCUT2D eigenvalue weighted by Crippen LogP contribution is 2.24. The molecule has 1 heterocycles. The Kier molecular flexibility index (Phi) is 5.98. The Labute approximate surface area is 156 Å². The first-order valence-electron chi connectivity index (χ1n) is 8.47. The van der Waals surface area contributed by atoms with Gasteiger partial charge in [0.15, 0.2) is 6.04 Å². The maximum Gasteiger partial charge on any atom is 0.332 e. The number of hydrogen-bond acceptors (Lipinski definition) is 6. The molecule has 0 saturated heterocycles. The Hall–Kier alpha value is -3.17. The van der Waals surface area contributed by atoms with Crippen LogP contribution in [0.15, 0.2) is 29.5 Å². The monoisotopic (exact) mass is 378 g/mol. The summed E-state index contributed by atoms with van der Waals surface area (Å²) in [6.07, 6.45) is -0.601. The molecule has 1 aromatic rings. The summed E-state index contributed by atoms with van der Waals surface area (Å²) in [6, 6.07) is 5.22. The number of hydrogen-bond donors (Lipinski definition) is 1. The van der Waals surface area contributed by atoms with Crippen LogP contribution in [0, 0.1) is 11.1 Å². The predicted molar refractivity (Wildman–Crippen MR) is 92.2 cm³/mol. The molecule has 10 nitrogen and oxygen atoms in total. The number of likely N-dealkylation sites (N-methyl/N-ethyl adjacent to an activating group) is 1. The zero-order valence-corrected chi connectivity index (χ0v) is 15.5. The van der Waals surface area contributed by atoms with Gasteiger partial charge in [-0.3, -0.25) is 9.59 Å². The molecule has 10 heteroatoms. The number of amides is 2. The number of carbonyl (C=O) groups is 3. The molecular weight excluding hydrogens is 356 g/mol. The average molecular weight is 378 g/mol. The first-order valence-corrected chi connectivity index (χ1v) is 8.47. The van der Waals surface area contributed by atoms with Gasteiger partial charge in [-0.15, -0.1) is 5.01 Å². The number of imide groups is 1. The van der Waals surface area contributed by atoms with Crippen molar-refractivity contribution in [3.63, 3.8) is 0 Å². The second-order valence-electron chi connectivity index (χ2n) is 6.31. The number of hydrazine groups is 1. The fraction of sp³-hybridized carbons (Fsp3) is 0.471. The van der Waals surface area contributed by atoms with Crippen LogP contribution in [0.1, 0.15) is 47.9 Å². The molecule has 27 heavy (non-hydrogen) atoms. The van der Waals surface area contributed by atoms with Crippen LogP contribution < -0.4 is 0 Å². The minimum absolute atomic E-state index is 0.000384. The molecule has 0 fully saturated rings. The van der Waals surface area contributed by atoms with E-state index in [0.717, 1.165) is 9.91 Å². The van der Waals surface area contributed by atoms with Gasteiger partial charge in [0.2, 0.25) is 11.5 Å². The van der Waals surface area contributed by atoms with Crippen LogP contribution >= 0.6 is 0 Å². The van der Waals surface area contributed by atoms with E-state index in [-0.39, 0.29) is 22.0 Å². The molecule has 0 radical (unpaired) electrons. The van der Waals surface area contributed by atoms with E-state index in [1.807, 2.05) is 6.92 Å². The van der Waals surface area contributed by atoms with Crippen LogP contribution in [0.25, 0.3) is 0 Å². The third kappa shape index (κ3) is 3.83. The molecule has 146 valence electrons. The smallest absolute Gasteiger partial charge is 0.332 e. The van der Waals surface area contributed by atoms with Crippen LogP contribution in [0.2, 0.25) is 0 Å². The fourth-order valence-corrected chi connectivity index (χ4v) is 2.85. The second-order valence-corrected chi connectivity index (χ2v) is 6.31. The first kappa shape index (κ1) is 20.1. The first-order chi connectivity index (χ1) is 12.7. The van der Waals surface area contributed by atoms with E-state index in [0.29, 0.717) is 6.42 Å². The molecule has 1 aliphatic heterocycles. The lowest BCUT2D eigenvalue weighted by Crippen LogP contribution is -2.46. The molecule has 2 amide bonds. The van der Waals surface area contributed by atoms with Crippen LogP contribution in [-0.4, -0.2) is 57.1 Å². The molecule has 2 rings (SSSR count).